The molecular formula is C16H18N2OS. The second-order valence-corrected chi connectivity index (χ2v) is 5.78. The van der Waals surface area contributed by atoms with Crippen molar-refractivity contribution in [2.75, 3.05) is 0 Å². The SMILES string of the molecule is CCC(CC)n1cc(-c2ccsc2)c2c(=O)[nH]ccc21. The van der Waals surface area contributed by atoms with Crippen molar-refractivity contribution < 1.29 is 0 Å². The van der Waals surface area contributed by atoms with E-state index < -0.39 is 0 Å². The molecule has 1 N–H and O–H groups in total. The third-order valence-electron chi connectivity index (χ3n) is 3.92. The van der Waals surface area contributed by atoms with Gasteiger partial charge in [-0.25, -0.2) is 0 Å². The second-order valence-electron chi connectivity index (χ2n) is 5.00. The monoisotopic (exact) mass is 286 g/mol. The molecule has 0 atom stereocenters. The van der Waals surface area contributed by atoms with Crippen molar-refractivity contribution in [2.45, 2.75) is 32.7 Å². The van der Waals surface area contributed by atoms with Crippen LogP contribution in [0.1, 0.15) is 32.7 Å². The highest BCUT2D eigenvalue weighted by atomic mass is 32.1. The molecule has 0 aromatic carbocycles. The lowest BCUT2D eigenvalue weighted by Crippen LogP contribution is -2.08. The molecule has 4 heteroatoms. The molecule has 0 amide bonds. The van der Waals surface area contributed by atoms with Gasteiger partial charge in [0, 0.05) is 24.0 Å². The molecule has 3 rings (SSSR count). The van der Waals surface area contributed by atoms with Gasteiger partial charge in [0.15, 0.2) is 0 Å². The van der Waals surface area contributed by atoms with E-state index >= 15 is 0 Å². The normalized spacial score (nSPS) is 11.6. The van der Waals surface area contributed by atoms with Crippen LogP contribution in [0.4, 0.5) is 0 Å². The fourth-order valence-corrected chi connectivity index (χ4v) is 3.49. The first-order chi connectivity index (χ1) is 9.76. The Morgan fingerprint density at radius 2 is 2.10 bits per heavy atom. The minimum absolute atomic E-state index is 0.00611. The third-order valence-corrected chi connectivity index (χ3v) is 4.61. The lowest BCUT2D eigenvalue weighted by atomic mass is 10.1. The highest BCUT2D eigenvalue weighted by Crippen LogP contribution is 2.32. The zero-order chi connectivity index (χ0) is 14.1. The number of H-pyrrole nitrogens is 1. The molecule has 0 spiro atoms. The Bertz CT molecular complexity index is 763. The van der Waals surface area contributed by atoms with E-state index in [0.29, 0.717) is 6.04 Å². The van der Waals surface area contributed by atoms with Gasteiger partial charge in [-0.3, -0.25) is 4.79 Å². The zero-order valence-electron chi connectivity index (χ0n) is 11.7. The van der Waals surface area contributed by atoms with E-state index in [4.69, 9.17) is 0 Å². The molecule has 0 radical (unpaired) electrons. The summed E-state index contributed by atoms with van der Waals surface area (Å²) in [5.74, 6) is 0. The summed E-state index contributed by atoms with van der Waals surface area (Å²) in [4.78, 5) is 15.0. The standard InChI is InChI=1S/C16H18N2OS/c1-3-12(4-2)18-9-13(11-6-8-20-10-11)15-14(18)5-7-17-16(15)19/h5-10,12H,3-4H2,1-2H3,(H,17,19). The number of hydrogen-bond donors (Lipinski definition) is 1. The van der Waals surface area contributed by atoms with E-state index in [1.165, 1.54) is 0 Å². The van der Waals surface area contributed by atoms with Gasteiger partial charge in [0.05, 0.1) is 10.9 Å². The smallest absolute Gasteiger partial charge is 0.258 e. The average molecular weight is 286 g/mol. The van der Waals surface area contributed by atoms with Crippen LogP contribution in [0.3, 0.4) is 0 Å². The molecule has 0 saturated heterocycles. The van der Waals surface area contributed by atoms with Crippen molar-refractivity contribution in [1.82, 2.24) is 9.55 Å². The van der Waals surface area contributed by atoms with E-state index in [2.05, 4.69) is 41.0 Å². The summed E-state index contributed by atoms with van der Waals surface area (Å²) in [6.07, 6.45) is 6.01. The predicted octanol–water partition coefficient (Wildman–Crippen LogP) is 4.42. The Balaban J connectivity index is 2.34. The molecule has 0 saturated carbocycles. The van der Waals surface area contributed by atoms with E-state index in [0.717, 1.165) is 34.9 Å². The summed E-state index contributed by atoms with van der Waals surface area (Å²) in [5.41, 5.74) is 3.19. The van der Waals surface area contributed by atoms with E-state index in [9.17, 15) is 4.79 Å². The van der Waals surface area contributed by atoms with Crippen molar-refractivity contribution >= 4 is 22.2 Å². The maximum absolute atomic E-state index is 12.2. The fraction of sp³-hybridized carbons (Fsp3) is 0.312. The lowest BCUT2D eigenvalue weighted by Gasteiger charge is -2.15. The van der Waals surface area contributed by atoms with E-state index in [-0.39, 0.29) is 5.56 Å². The minimum Gasteiger partial charge on any atom is -0.344 e. The molecule has 0 aliphatic heterocycles. The predicted molar refractivity (Wildman–Crippen MR) is 85.5 cm³/mol. The number of rotatable bonds is 4. The quantitative estimate of drug-likeness (QED) is 0.757. The molecule has 3 aromatic heterocycles. The van der Waals surface area contributed by atoms with Gasteiger partial charge in [0.25, 0.3) is 5.56 Å². The molecule has 0 unspecified atom stereocenters. The van der Waals surface area contributed by atoms with Crippen LogP contribution in [0.25, 0.3) is 22.0 Å². The number of thiophene rings is 1. The number of nitrogens with zero attached hydrogens (tertiary/aromatic N) is 1. The van der Waals surface area contributed by atoms with Crippen LogP contribution < -0.4 is 5.56 Å². The molecule has 3 aromatic rings. The van der Waals surface area contributed by atoms with Crippen molar-refractivity contribution in [3.05, 3.63) is 45.6 Å². The average Bonchev–Trinajstić information content (AvgIpc) is 3.08. The lowest BCUT2D eigenvalue weighted by molar-refractivity contribution is 0.486. The van der Waals surface area contributed by atoms with Crippen LogP contribution >= 0.6 is 11.3 Å². The Kier molecular flexibility index (Phi) is 3.49. The van der Waals surface area contributed by atoms with Gasteiger partial charge in [-0.2, -0.15) is 11.3 Å². The first-order valence-electron chi connectivity index (χ1n) is 7.01. The molecule has 0 aliphatic rings. The highest BCUT2D eigenvalue weighted by Gasteiger charge is 2.17. The van der Waals surface area contributed by atoms with Crippen LogP contribution in [0.5, 0.6) is 0 Å². The van der Waals surface area contributed by atoms with Gasteiger partial charge >= 0.3 is 0 Å². The Morgan fingerprint density at radius 1 is 1.30 bits per heavy atom. The Morgan fingerprint density at radius 3 is 2.75 bits per heavy atom. The zero-order valence-corrected chi connectivity index (χ0v) is 12.5. The van der Waals surface area contributed by atoms with Gasteiger partial charge in [-0.1, -0.05) is 13.8 Å². The number of pyridine rings is 1. The molecule has 3 nitrogen and oxygen atoms in total. The fourth-order valence-electron chi connectivity index (χ4n) is 2.84. The first-order valence-corrected chi connectivity index (χ1v) is 7.95. The van der Waals surface area contributed by atoms with Gasteiger partial charge in [-0.05, 0) is 41.3 Å². The highest BCUT2D eigenvalue weighted by molar-refractivity contribution is 7.08. The largest absolute Gasteiger partial charge is 0.344 e. The maximum Gasteiger partial charge on any atom is 0.258 e. The number of nitrogens with one attached hydrogen (secondary N) is 1. The number of hydrogen-bond acceptors (Lipinski definition) is 2. The van der Waals surface area contributed by atoms with Gasteiger partial charge in [0.2, 0.25) is 0 Å². The third kappa shape index (κ3) is 2.00. The second kappa shape index (κ2) is 5.29. The maximum atomic E-state index is 12.2. The van der Waals surface area contributed by atoms with Crippen LogP contribution in [0.2, 0.25) is 0 Å². The van der Waals surface area contributed by atoms with Crippen molar-refractivity contribution in [2.24, 2.45) is 0 Å². The van der Waals surface area contributed by atoms with Crippen molar-refractivity contribution in [3.8, 4) is 11.1 Å². The van der Waals surface area contributed by atoms with Crippen LogP contribution in [0, 0.1) is 0 Å². The Hall–Kier alpha value is -1.81. The summed E-state index contributed by atoms with van der Waals surface area (Å²) in [6.45, 7) is 4.38. The molecular weight excluding hydrogens is 268 g/mol. The van der Waals surface area contributed by atoms with Crippen molar-refractivity contribution in [3.63, 3.8) is 0 Å². The number of aromatic amines is 1. The Labute approximate surface area is 121 Å². The van der Waals surface area contributed by atoms with E-state index in [1.54, 1.807) is 17.5 Å². The molecule has 104 valence electrons. The number of fused-ring (bicyclic) bond motifs is 1. The van der Waals surface area contributed by atoms with Gasteiger partial charge < -0.3 is 9.55 Å². The van der Waals surface area contributed by atoms with Gasteiger partial charge in [0.1, 0.15) is 0 Å². The van der Waals surface area contributed by atoms with Crippen LogP contribution in [0.15, 0.2) is 40.1 Å². The molecule has 0 aliphatic carbocycles. The summed E-state index contributed by atoms with van der Waals surface area (Å²) in [6, 6.07) is 4.51. The van der Waals surface area contributed by atoms with Crippen molar-refractivity contribution in [1.29, 1.82) is 0 Å². The molecule has 0 bridgehead atoms. The minimum atomic E-state index is -0.00611. The van der Waals surface area contributed by atoms with E-state index in [1.807, 2.05) is 11.4 Å². The summed E-state index contributed by atoms with van der Waals surface area (Å²) in [5, 5.41) is 4.95. The summed E-state index contributed by atoms with van der Waals surface area (Å²) in [7, 11) is 0. The van der Waals surface area contributed by atoms with Gasteiger partial charge in [-0.15, -0.1) is 0 Å². The molecule has 0 fully saturated rings. The van der Waals surface area contributed by atoms with Crippen LogP contribution in [-0.4, -0.2) is 9.55 Å². The molecule has 20 heavy (non-hydrogen) atoms. The van der Waals surface area contributed by atoms with Crippen LogP contribution in [-0.2, 0) is 0 Å². The molecule has 3 heterocycles. The first kappa shape index (κ1) is 13.2. The topological polar surface area (TPSA) is 37.8 Å². The number of aromatic nitrogens is 2. The summed E-state index contributed by atoms with van der Waals surface area (Å²) < 4.78 is 2.26. The summed E-state index contributed by atoms with van der Waals surface area (Å²) >= 11 is 1.66.